The third-order valence-electron chi connectivity index (χ3n) is 2.91. The van der Waals surface area contributed by atoms with Crippen molar-refractivity contribution in [3.05, 3.63) is 15.0 Å². The van der Waals surface area contributed by atoms with Crippen LogP contribution >= 0.6 is 27.3 Å². The lowest BCUT2D eigenvalue weighted by molar-refractivity contribution is 0.0988. The molecule has 9 heteroatoms. The molecule has 1 aliphatic heterocycles. The Kier molecular flexibility index (Phi) is 4.69. The number of hydrogen-bond acceptors (Lipinski definition) is 6. The van der Waals surface area contributed by atoms with Gasteiger partial charge in [-0.25, -0.2) is 24.5 Å². The Morgan fingerprint density at radius 2 is 2.38 bits per heavy atom. The van der Waals surface area contributed by atoms with Gasteiger partial charge in [0.15, 0.2) is 3.92 Å². The minimum Gasteiger partial charge on any atom is -0.449 e. The van der Waals surface area contributed by atoms with E-state index in [1.54, 1.807) is 13.8 Å². The lowest BCUT2D eigenvalue weighted by atomic mass is 9.93. The van der Waals surface area contributed by atoms with Crippen LogP contribution in [0.4, 0.5) is 9.59 Å². The van der Waals surface area contributed by atoms with E-state index < -0.39 is 24.1 Å². The maximum Gasteiger partial charge on any atom is 0.418 e. The van der Waals surface area contributed by atoms with Gasteiger partial charge in [-0.3, -0.25) is 0 Å². The number of hydrogen-bond donors (Lipinski definition) is 0. The Balaban J connectivity index is 2.51. The number of aliphatic imine (C=N–C) groups is 1. The standard InChI is InChI=1S/C12H11BrN4O3S/c1-3-20-12(19)17-9(8-5-15-10(13)21-8)7(4-14)6(2)16-11(17)18/h5,7,9H,3H2,1-2H3. The van der Waals surface area contributed by atoms with Crippen LogP contribution in [0.2, 0.25) is 0 Å². The zero-order valence-electron chi connectivity index (χ0n) is 11.2. The summed E-state index contributed by atoms with van der Waals surface area (Å²) in [5.74, 6) is -0.723. The molecule has 7 nitrogen and oxygen atoms in total. The fourth-order valence-corrected chi connectivity index (χ4v) is 3.44. The van der Waals surface area contributed by atoms with E-state index in [0.717, 1.165) is 4.90 Å². The van der Waals surface area contributed by atoms with Gasteiger partial charge in [0.2, 0.25) is 0 Å². The molecule has 2 heterocycles. The van der Waals surface area contributed by atoms with Crippen LogP contribution in [0.5, 0.6) is 0 Å². The quantitative estimate of drug-likeness (QED) is 0.796. The number of nitrogens with zero attached hydrogens (tertiary/aromatic N) is 4. The zero-order chi connectivity index (χ0) is 15.6. The van der Waals surface area contributed by atoms with Crippen LogP contribution in [0.3, 0.4) is 0 Å². The number of urea groups is 1. The number of nitriles is 1. The van der Waals surface area contributed by atoms with Crippen LogP contribution in [0, 0.1) is 17.2 Å². The van der Waals surface area contributed by atoms with Crippen LogP contribution in [0.15, 0.2) is 15.1 Å². The van der Waals surface area contributed by atoms with Gasteiger partial charge in [-0.15, -0.1) is 11.3 Å². The van der Waals surface area contributed by atoms with Gasteiger partial charge in [0.25, 0.3) is 0 Å². The summed E-state index contributed by atoms with van der Waals surface area (Å²) in [5, 5.41) is 9.37. The predicted molar refractivity (Wildman–Crippen MR) is 79.0 cm³/mol. The number of thiazole rings is 1. The van der Waals surface area contributed by atoms with Crippen molar-refractivity contribution >= 4 is 45.1 Å². The number of halogens is 1. The predicted octanol–water partition coefficient (Wildman–Crippen LogP) is 3.14. The van der Waals surface area contributed by atoms with E-state index in [4.69, 9.17) is 4.74 Å². The fraction of sp³-hybridized carbons (Fsp3) is 0.417. The molecule has 1 aromatic rings. The number of aromatic nitrogens is 1. The SMILES string of the molecule is CCOC(=O)N1C(=O)N=C(C)C(C#N)C1c1cnc(Br)s1. The summed E-state index contributed by atoms with van der Waals surface area (Å²) in [4.78, 5) is 33.4. The average molecular weight is 371 g/mol. The highest BCUT2D eigenvalue weighted by molar-refractivity contribution is 9.11. The summed E-state index contributed by atoms with van der Waals surface area (Å²) < 4.78 is 5.50. The van der Waals surface area contributed by atoms with Crippen molar-refractivity contribution in [1.29, 1.82) is 5.26 Å². The van der Waals surface area contributed by atoms with Gasteiger partial charge in [0.1, 0.15) is 12.0 Å². The highest BCUT2D eigenvalue weighted by Gasteiger charge is 2.43. The van der Waals surface area contributed by atoms with Gasteiger partial charge >= 0.3 is 12.1 Å². The van der Waals surface area contributed by atoms with E-state index in [1.807, 2.05) is 0 Å². The summed E-state index contributed by atoms with van der Waals surface area (Å²) in [6.45, 7) is 3.36. The molecule has 0 saturated heterocycles. The Hall–Kier alpha value is -1.79. The number of imide groups is 1. The molecule has 2 unspecified atom stereocenters. The number of carbonyl (C=O) groups is 2. The number of ether oxygens (including phenoxy) is 1. The van der Waals surface area contributed by atoms with Crippen LogP contribution in [-0.4, -0.2) is 34.3 Å². The Labute approximate surface area is 133 Å². The van der Waals surface area contributed by atoms with E-state index in [-0.39, 0.29) is 6.61 Å². The summed E-state index contributed by atoms with van der Waals surface area (Å²) >= 11 is 4.49. The molecule has 0 bridgehead atoms. The molecule has 2 rings (SSSR count). The first-order valence-electron chi connectivity index (χ1n) is 6.05. The molecule has 110 valence electrons. The smallest absolute Gasteiger partial charge is 0.418 e. The van der Waals surface area contributed by atoms with E-state index >= 15 is 0 Å². The van der Waals surface area contributed by atoms with Gasteiger partial charge < -0.3 is 4.74 Å². The molecule has 3 amide bonds. The third kappa shape index (κ3) is 2.96. The second-order valence-corrected chi connectivity index (χ2v) is 6.51. The monoisotopic (exact) mass is 370 g/mol. The normalized spacial score (nSPS) is 21.7. The minimum atomic E-state index is -0.812. The molecule has 0 spiro atoms. The van der Waals surface area contributed by atoms with Crippen molar-refractivity contribution in [3.8, 4) is 6.07 Å². The van der Waals surface area contributed by atoms with Gasteiger partial charge in [0.05, 0.1) is 17.6 Å². The topological polar surface area (TPSA) is 95.6 Å². The summed E-state index contributed by atoms with van der Waals surface area (Å²) in [6, 6.07) is 0.585. The number of amides is 3. The lowest BCUT2D eigenvalue weighted by Crippen LogP contribution is -2.46. The molecule has 1 aliphatic rings. The number of carbonyl (C=O) groups excluding carboxylic acids is 2. The molecule has 0 saturated carbocycles. The summed E-state index contributed by atoms with van der Waals surface area (Å²) in [7, 11) is 0. The molecule has 0 N–H and O–H groups in total. The second kappa shape index (κ2) is 6.32. The second-order valence-electron chi connectivity index (χ2n) is 4.17. The third-order valence-corrected chi connectivity index (χ3v) is 4.46. The van der Waals surface area contributed by atoms with Crippen molar-refractivity contribution in [2.45, 2.75) is 19.9 Å². The highest BCUT2D eigenvalue weighted by Crippen LogP contribution is 2.37. The Morgan fingerprint density at radius 3 is 2.90 bits per heavy atom. The van der Waals surface area contributed by atoms with Gasteiger partial charge in [-0.05, 0) is 29.8 Å². The van der Waals surface area contributed by atoms with Gasteiger partial charge in [0, 0.05) is 11.9 Å². The zero-order valence-corrected chi connectivity index (χ0v) is 13.6. The number of rotatable bonds is 2. The summed E-state index contributed by atoms with van der Waals surface area (Å²) in [5.41, 5.74) is 0.373. The van der Waals surface area contributed by atoms with Crippen LogP contribution < -0.4 is 0 Å². The van der Waals surface area contributed by atoms with E-state index in [1.165, 1.54) is 17.5 Å². The minimum absolute atomic E-state index is 0.127. The lowest BCUT2D eigenvalue weighted by Gasteiger charge is -2.33. The molecule has 2 atom stereocenters. The van der Waals surface area contributed by atoms with E-state index in [0.29, 0.717) is 14.5 Å². The van der Waals surface area contributed by atoms with Crippen molar-refractivity contribution in [3.63, 3.8) is 0 Å². The highest BCUT2D eigenvalue weighted by atomic mass is 79.9. The fourth-order valence-electron chi connectivity index (χ4n) is 2.01. The molecule has 0 fully saturated rings. The molecule has 0 aromatic carbocycles. The van der Waals surface area contributed by atoms with Crippen molar-refractivity contribution < 1.29 is 14.3 Å². The molecule has 0 radical (unpaired) electrons. The van der Waals surface area contributed by atoms with Crippen LogP contribution in [-0.2, 0) is 4.74 Å². The van der Waals surface area contributed by atoms with E-state index in [2.05, 4.69) is 32.0 Å². The van der Waals surface area contributed by atoms with Crippen molar-refractivity contribution in [1.82, 2.24) is 9.88 Å². The maximum absolute atomic E-state index is 12.1. The largest absolute Gasteiger partial charge is 0.449 e. The van der Waals surface area contributed by atoms with Gasteiger partial charge in [-0.2, -0.15) is 5.26 Å². The summed E-state index contributed by atoms with van der Waals surface area (Å²) in [6.07, 6.45) is 0.718. The molecule has 0 aliphatic carbocycles. The Bertz CT molecular complexity index is 651. The molecular formula is C12H11BrN4O3S. The van der Waals surface area contributed by atoms with E-state index in [9.17, 15) is 14.9 Å². The van der Waals surface area contributed by atoms with Crippen molar-refractivity contribution in [2.24, 2.45) is 10.9 Å². The maximum atomic E-state index is 12.1. The average Bonchev–Trinajstić information content (AvgIpc) is 2.84. The van der Waals surface area contributed by atoms with Gasteiger partial charge in [-0.1, -0.05) is 0 Å². The first-order chi connectivity index (χ1) is 9.99. The molecular weight excluding hydrogens is 360 g/mol. The first-order valence-corrected chi connectivity index (χ1v) is 7.66. The van der Waals surface area contributed by atoms with Crippen molar-refractivity contribution in [2.75, 3.05) is 6.61 Å². The molecule has 21 heavy (non-hydrogen) atoms. The van der Waals surface area contributed by atoms with Crippen LogP contribution in [0.1, 0.15) is 24.8 Å². The molecule has 1 aromatic heterocycles. The van der Waals surface area contributed by atoms with Crippen LogP contribution in [0.25, 0.3) is 0 Å². The first kappa shape index (κ1) is 15.6. The Morgan fingerprint density at radius 1 is 1.67 bits per heavy atom.